The highest BCUT2D eigenvalue weighted by Crippen LogP contribution is 2.18. The summed E-state index contributed by atoms with van der Waals surface area (Å²) >= 11 is 0. The number of aldehydes is 1. The van der Waals surface area contributed by atoms with Gasteiger partial charge in [0.1, 0.15) is 5.82 Å². The number of imidazole rings is 1. The zero-order valence-corrected chi connectivity index (χ0v) is 9.07. The molecule has 2 aromatic rings. The minimum atomic E-state index is -0.416. The van der Waals surface area contributed by atoms with E-state index < -0.39 is 5.82 Å². The molecule has 3 nitrogen and oxygen atoms in total. The van der Waals surface area contributed by atoms with Crippen LogP contribution in [-0.2, 0) is 0 Å². The maximum atomic E-state index is 13.0. The molecule has 1 heterocycles. The predicted molar refractivity (Wildman–Crippen MR) is 58.4 cm³/mol. The molecule has 0 spiro atoms. The number of hydrogen-bond acceptors (Lipinski definition) is 2. The fraction of sp³-hybridized carbons (Fsp3) is 0.167. The molecule has 0 N–H and O–H groups in total. The summed E-state index contributed by atoms with van der Waals surface area (Å²) < 4.78 is 14.7. The van der Waals surface area contributed by atoms with E-state index in [2.05, 4.69) is 4.98 Å². The number of carbonyl (C=O) groups is 1. The predicted octanol–water partition coefficient (Wildman–Crippen LogP) is 2.44. The number of benzene rings is 1. The lowest BCUT2D eigenvalue weighted by molar-refractivity contribution is 0.112. The molecule has 1 aromatic carbocycles. The van der Waals surface area contributed by atoms with Crippen LogP contribution in [0, 0.1) is 19.7 Å². The number of carbonyl (C=O) groups excluding carboxylic acids is 1. The lowest BCUT2D eigenvalue weighted by atomic mass is 10.2. The second-order valence-electron chi connectivity index (χ2n) is 3.61. The highest BCUT2D eigenvalue weighted by atomic mass is 19.1. The molecule has 1 aromatic heterocycles. The fourth-order valence-corrected chi connectivity index (χ4v) is 1.58. The van der Waals surface area contributed by atoms with Crippen LogP contribution in [0.1, 0.15) is 21.7 Å². The molecule has 0 saturated carbocycles. The average molecular weight is 218 g/mol. The maximum absolute atomic E-state index is 13.0. The molecule has 0 bridgehead atoms. The van der Waals surface area contributed by atoms with Crippen molar-refractivity contribution < 1.29 is 9.18 Å². The van der Waals surface area contributed by atoms with Gasteiger partial charge in [0.05, 0.1) is 17.7 Å². The maximum Gasteiger partial charge on any atom is 0.152 e. The second kappa shape index (κ2) is 3.89. The summed E-state index contributed by atoms with van der Waals surface area (Å²) in [5, 5.41) is 0. The van der Waals surface area contributed by atoms with E-state index in [1.165, 1.54) is 12.1 Å². The van der Waals surface area contributed by atoms with Crippen LogP contribution in [0.15, 0.2) is 24.5 Å². The number of nitrogens with zero attached hydrogens (tertiary/aromatic N) is 2. The van der Waals surface area contributed by atoms with Gasteiger partial charge in [-0.3, -0.25) is 4.79 Å². The van der Waals surface area contributed by atoms with Gasteiger partial charge >= 0.3 is 0 Å². The molecule has 0 unspecified atom stereocenters. The quantitative estimate of drug-likeness (QED) is 0.725. The molecule has 0 aliphatic rings. The van der Waals surface area contributed by atoms with Gasteiger partial charge < -0.3 is 4.57 Å². The van der Waals surface area contributed by atoms with Gasteiger partial charge in [-0.15, -0.1) is 0 Å². The van der Waals surface area contributed by atoms with E-state index >= 15 is 0 Å². The Hall–Kier alpha value is -1.97. The molecule has 2 rings (SSSR count). The molecule has 0 saturated heterocycles. The Morgan fingerprint density at radius 3 is 2.69 bits per heavy atom. The summed E-state index contributed by atoms with van der Waals surface area (Å²) in [5.41, 5.74) is 2.80. The van der Waals surface area contributed by atoms with Crippen LogP contribution in [-0.4, -0.2) is 15.8 Å². The number of aromatic nitrogens is 2. The van der Waals surface area contributed by atoms with Crippen molar-refractivity contribution in [2.75, 3.05) is 0 Å². The first-order chi connectivity index (χ1) is 7.63. The van der Waals surface area contributed by atoms with E-state index in [4.69, 9.17) is 0 Å². The van der Waals surface area contributed by atoms with Crippen LogP contribution in [0.2, 0.25) is 0 Å². The third-order valence-corrected chi connectivity index (χ3v) is 2.63. The largest absolute Gasteiger partial charge is 0.303 e. The molecular weight excluding hydrogens is 207 g/mol. The van der Waals surface area contributed by atoms with Crippen molar-refractivity contribution >= 4 is 6.29 Å². The Kier molecular flexibility index (Phi) is 2.56. The Bertz CT molecular complexity index is 546. The first-order valence-corrected chi connectivity index (χ1v) is 4.89. The number of hydrogen-bond donors (Lipinski definition) is 0. The Morgan fingerprint density at radius 2 is 2.12 bits per heavy atom. The molecule has 0 aliphatic heterocycles. The molecule has 82 valence electrons. The normalized spacial score (nSPS) is 10.4. The van der Waals surface area contributed by atoms with Crippen LogP contribution < -0.4 is 0 Å². The lowest BCUT2D eigenvalue weighted by Gasteiger charge is -2.08. The first kappa shape index (κ1) is 10.5. The zero-order valence-electron chi connectivity index (χ0n) is 9.07. The van der Waals surface area contributed by atoms with Crippen molar-refractivity contribution in [3.05, 3.63) is 47.3 Å². The van der Waals surface area contributed by atoms with Crippen LogP contribution in [0.5, 0.6) is 0 Å². The lowest BCUT2D eigenvalue weighted by Crippen LogP contribution is -2.00. The molecule has 0 aliphatic carbocycles. The summed E-state index contributed by atoms with van der Waals surface area (Å²) in [4.78, 5) is 15.0. The summed E-state index contributed by atoms with van der Waals surface area (Å²) in [5.74, 6) is -0.416. The van der Waals surface area contributed by atoms with Crippen molar-refractivity contribution in [2.24, 2.45) is 0 Å². The third-order valence-electron chi connectivity index (χ3n) is 2.63. The van der Waals surface area contributed by atoms with Crippen LogP contribution >= 0.6 is 0 Å². The number of aryl methyl sites for hydroxylation is 1. The monoisotopic (exact) mass is 218 g/mol. The molecule has 16 heavy (non-hydrogen) atoms. The van der Waals surface area contributed by atoms with Gasteiger partial charge in [-0.05, 0) is 32.0 Å². The summed E-state index contributed by atoms with van der Waals surface area (Å²) in [6.45, 7) is 3.79. The Morgan fingerprint density at radius 1 is 1.38 bits per heavy atom. The van der Waals surface area contributed by atoms with E-state index in [-0.39, 0.29) is 0 Å². The standard InChI is InChI=1S/C12H11FN2O/c1-8-9(2)15(7-14-8)12-4-3-11(13)5-10(12)6-16/h3-7H,1-2H3. The second-order valence-corrected chi connectivity index (χ2v) is 3.61. The van der Waals surface area contributed by atoms with Gasteiger partial charge in [-0.25, -0.2) is 9.37 Å². The molecule has 0 radical (unpaired) electrons. The molecule has 4 heteroatoms. The highest BCUT2D eigenvalue weighted by molar-refractivity contribution is 5.81. The summed E-state index contributed by atoms with van der Waals surface area (Å²) in [6, 6.07) is 4.13. The van der Waals surface area contributed by atoms with Gasteiger partial charge in [-0.1, -0.05) is 0 Å². The first-order valence-electron chi connectivity index (χ1n) is 4.89. The van der Waals surface area contributed by atoms with Crippen LogP contribution in [0.25, 0.3) is 5.69 Å². The van der Waals surface area contributed by atoms with Gasteiger partial charge in [0, 0.05) is 11.3 Å². The van der Waals surface area contributed by atoms with Gasteiger partial charge in [0.2, 0.25) is 0 Å². The SMILES string of the molecule is Cc1ncn(-c2ccc(F)cc2C=O)c1C. The fourth-order valence-electron chi connectivity index (χ4n) is 1.58. The molecular formula is C12H11FN2O. The number of halogens is 1. The minimum absolute atomic E-state index is 0.320. The minimum Gasteiger partial charge on any atom is -0.303 e. The molecule has 0 atom stereocenters. The van der Waals surface area contributed by atoms with Crippen LogP contribution in [0.3, 0.4) is 0 Å². The third kappa shape index (κ3) is 1.62. The number of rotatable bonds is 2. The van der Waals surface area contributed by atoms with Gasteiger partial charge in [0.25, 0.3) is 0 Å². The molecule has 0 fully saturated rings. The van der Waals surface area contributed by atoms with E-state index in [1.807, 2.05) is 13.8 Å². The van der Waals surface area contributed by atoms with E-state index in [1.54, 1.807) is 17.0 Å². The van der Waals surface area contributed by atoms with Crippen molar-refractivity contribution in [1.29, 1.82) is 0 Å². The van der Waals surface area contributed by atoms with E-state index in [9.17, 15) is 9.18 Å². The topological polar surface area (TPSA) is 34.9 Å². The van der Waals surface area contributed by atoms with Gasteiger partial charge in [0.15, 0.2) is 6.29 Å². The van der Waals surface area contributed by atoms with Crippen molar-refractivity contribution in [3.8, 4) is 5.69 Å². The highest BCUT2D eigenvalue weighted by Gasteiger charge is 2.09. The summed E-state index contributed by atoms with van der Waals surface area (Å²) in [6.07, 6.45) is 2.28. The smallest absolute Gasteiger partial charge is 0.152 e. The van der Waals surface area contributed by atoms with Crippen molar-refractivity contribution in [1.82, 2.24) is 9.55 Å². The summed E-state index contributed by atoms with van der Waals surface area (Å²) in [7, 11) is 0. The van der Waals surface area contributed by atoms with E-state index in [0.717, 1.165) is 11.4 Å². The van der Waals surface area contributed by atoms with Crippen molar-refractivity contribution in [3.63, 3.8) is 0 Å². The molecule has 0 amide bonds. The van der Waals surface area contributed by atoms with Crippen molar-refractivity contribution in [2.45, 2.75) is 13.8 Å². The zero-order chi connectivity index (χ0) is 11.7. The van der Waals surface area contributed by atoms with Gasteiger partial charge in [-0.2, -0.15) is 0 Å². The average Bonchev–Trinajstić information content (AvgIpc) is 2.60. The Balaban J connectivity index is 2.64. The van der Waals surface area contributed by atoms with E-state index in [0.29, 0.717) is 17.5 Å². The Labute approximate surface area is 92.5 Å². The van der Waals surface area contributed by atoms with Crippen LogP contribution in [0.4, 0.5) is 4.39 Å².